The van der Waals surface area contributed by atoms with Gasteiger partial charge < -0.3 is 10.6 Å². The Morgan fingerprint density at radius 1 is 1.03 bits per heavy atom. The van der Waals surface area contributed by atoms with Gasteiger partial charge in [0.2, 0.25) is 5.91 Å². The first kappa shape index (κ1) is 23.1. The van der Waals surface area contributed by atoms with Gasteiger partial charge in [0, 0.05) is 18.5 Å². The number of nitrogens with zero attached hydrogens (tertiary/aromatic N) is 1. The van der Waals surface area contributed by atoms with Crippen molar-refractivity contribution in [3.05, 3.63) is 0 Å². The number of urea groups is 2. The smallest absolute Gasteiger partial charge is 0.325 e. The number of amides is 6. The third kappa shape index (κ3) is 4.79. The molecule has 0 spiro atoms. The van der Waals surface area contributed by atoms with E-state index >= 15 is 0 Å². The second-order valence-corrected chi connectivity index (χ2v) is 11.0. The molecule has 178 valence electrons. The number of carbonyl (C=O) groups is 4. The van der Waals surface area contributed by atoms with E-state index in [1.807, 2.05) is 0 Å². The second-order valence-electron chi connectivity index (χ2n) is 11.0. The molecule has 1 saturated heterocycles. The molecule has 5 aliphatic rings. The SMILES string of the molecule is CCCCCC[C@@]1(C)NC(=O)N(CCC(=O)NC(=O)NC23CC4CC(CC(C4)C2)C3)C1=O. The number of hydrogen-bond donors (Lipinski definition) is 3. The summed E-state index contributed by atoms with van der Waals surface area (Å²) < 4.78 is 0. The van der Waals surface area contributed by atoms with E-state index in [4.69, 9.17) is 0 Å². The van der Waals surface area contributed by atoms with E-state index in [2.05, 4.69) is 22.9 Å². The van der Waals surface area contributed by atoms with Crippen LogP contribution < -0.4 is 16.0 Å². The number of unbranched alkanes of at least 4 members (excludes halogenated alkanes) is 3. The van der Waals surface area contributed by atoms with Crippen LogP contribution in [0.1, 0.15) is 90.9 Å². The van der Waals surface area contributed by atoms with Crippen LogP contribution in [0.3, 0.4) is 0 Å². The van der Waals surface area contributed by atoms with Crippen molar-refractivity contribution in [2.24, 2.45) is 17.8 Å². The van der Waals surface area contributed by atoms with Crippen LogP contribution in [0.2, 0.25) is 0 Å². The maximum atomic E-state index is 12.8. The summed E-state index contributed by atoms with van der Waals surface area (Å²) in [6, 6.07) is -0.909. The predicted octanol–water partition coefficient (Wildman–Crippen LogP) is 3.45. The maximum Gasteiger partial charge on any atom is 0.325 e. The fourth-order valence-electron chi connectivity index (χ4n) is 6.96. The number of carbonyl (C=O) groups excluding carboxylic acids is 4. The van der Waals surface area contributed by atoms with E-state index in [1.165, 1.54) is 19.3 Å². The number of rotatable bonds is 9. The molecular formula is C24H38N4O4. The van der Waals surface area contributed by atoms with Gasteiger partial charge >= 0.3 is 12.1 Å². The van der Waals surface area contributed by atoms with E-state index in [9.17, 15) is 19.2 Å². The van der Waals surface area contributed by atoms with E-state index < -0.39 is 23.5 Å². The fourth-order valence-corrected chi connectivity index (χ4v) is 6.96. The maximum absolute atomic E-state index is 12.8. The highest BCUT2D eigenvalue weighted by Crippen LogP contribution is 2.55. The number of imide groups is 2. The van der Waals surface area contributed by atoms with Crippen LogP contribution >= 0.6 is 0 Å². The molecule has 1 atom stereocenters. The summed E-state index contributed by atoms with van der Waals surface area (Å²) in [7, 11) is 0. The molecular weight excluding hydrogens is 408 g/mol. The monoisotopic (exact) mass is 446 g/mol. The van der Waals surface area contributed by atoms with Gasteiger partial charge in [0.15, 0.2) is 0 Å². The first-order valence-corrected chi connectivity index (χ1v) is 12.5. The summed E-state index contributed by atoms with van der Waals surface area (Å²) in [4.78, 5) is 51.1. The fraction of sp³-hybridized carbons (Fsp3) is 0.833. The molecule has 0 aromatic heterocycles. The largest absolute Gasteiger partial charge is 0.332 e. The summed E-state index contributed by atoms with van der Waals surface area (Å²) >= 11 is 0. The zero-order valence-corrected chi connectivity index (χ0v) is 19.5. The average molecular weight is 447 g/mol. The van der Waals surface area contributed by atoms with Gasteiger partial charge in [-0.15, -0.1) is 0 Å². The number of hydrogen-bond acceptors (Lipinski definition) is 4. The molecule has 8 heteroatoms. The zero-order chi connectivity index (χ0) is 22.9. The molecule has 6 amide bonds. The molecule has 8 nitrogen and oxygen atoms in total. The average Bonchev–Trinajstić information content (AvgIpc) is 2.90. The predicted molar refractivity (Wildman–Crippen MR) is 120 cm³/mol. The van der Waals surface area contributed by atoms with Crippen molar-refractivity contribution in [2.75, 3.05) is 6.54 Å². The highest BCUT2D eigenvalue weighted by Gasteiger charge is 2.51. The third-order valence-corrected chi connectivity index (χ3v) is 8.11. The van der Waals surface area contributed by atoms with Crippen molar-refractivity contribution in [1.29, 1.82) is 0 Å². The lowest BCUT2D eigenvalue weighted by molar-refractivity contribution is -0.131. The Balaban J connectivity index is 1.23. The Morgan fingerprint density at radius 3 is 2.25 bits per heavy atom. The Morgan fingerprint density at radius 2 is 1.66 bits per heavy atom. The van der Waals surface area contributed by atoms with Crippen LogP contribution in [0.15, 0.2) is 0 Å². The van der Waals surface area contributed by atoms with Crippen molar-refractivity contribution in [3.63, 3.8) is 0 Å². The van der Waals surface area contributed by atoms with Crippen LogP contribution in [-0.4, -0.2) is 46.4 Å². The molecule has 4 bridgehead atoms. The molecule has 32 heavy (non-hydrogen) atoms. The van der Waals surface area contributed by atoms with Gasteiger partial charge in [-0.1, -0.05) is 32.6 Å². The van der Waals surface area contributed by atoms with Crippen LogP contribution in [0.25, 0.3) is 0 Å². The minimum Gasteiger partial charge on any atom is -0.332 e. The summed E-state index contributed by atoms with van der Waals surface area (Å²) in [5, 5.41) is 8.32. The second kappa shape index (κ2) is 9.02. The van der Waals surface area contributed by atoms with E-state index in [-0.39, 0.29) is 24.4 Å². The van der Waals surface area contributed by atoms with Crippen molar-refractivity contribution in [2.45, 2.75) is 102 Å². The Bertz CT molecular complexity index is 747. The lowest BCUT2D eigenvalue weighted by Gasteiger charge is -2.56. The highest BCUT2D eigenvalue weighted by molar-refractivity contribution is 6.07. The standard InChI is InChI=1S/C24H38N4O4/c1-3-4-5-6-8-23(2)20(30)28(22(32)27-23)9-7-19(29)25-21(31)26-24-13-16-10-17(14-24)12-18(11-16)15-24/h16-18H,3-15H2,1-2H3,(H,27,32)(H2,25,26,29,31)/t16?,17?,18?,23-,24?/m1/s1. The van der Waals surface area contributed by atoms with E-state index in [0.717, 1.165) is 49.8 Å². The van der Waals surface area contributed by atoms with Gasteiger partial charge in [-0.05, 0) is 69.6 Å². The highest BCUT2D eigenvalue weighted by atomic mass is 16.2. The normalized spacial score (nSPS) is 35.2. The Kier molecular flexibility index (Phi) is 6.50. The van der Waals surface area contributed by atoms with Gasteiger partial charge in [0.1, 0.15) is 5.54 Å². The molecule has 0 unspecified atom stereocenters. The topological polar surface area (TPSA) is 108 Å². The molecule has 5 fully saturated rings. The van der Waals surface area contributed by atoms with Crippen LogP contribution in [0, 0.1) is 17.8 Å². The quantitative estimate of drug-likeness (QED) is 0.372. The van der Waals surface area contributed by atoms with Crippen LogP contribution in [-0.2, 0) is 9.59 Å². The van der Waals surface area contributed by atoms with E-state index in [1.54, 1.807) is 6.92 Å². The van der Waals surface area contributed by atoms with Gasteiger partial charge in [-0.2, -0.15) is 0 Å². The molecule has 0 radical (unpaired) electrons. The van der Waals surface area contributed by atoms with Crippen molar-refractivity contribution >= 4 is 23.9 Å². The minimum absolute atomic E-state index is 0.0221. The van der Waals surface area contributed by atoms with Crippen molar-refractivity contribution in [3.8, 4) is 0 Å². The van der Waals surface area contributed by atoms with Crippen molar-refractivity contribution in [1.82, 2.24) is 20.9 Å². The van der Waals surface area contributed by atoms with Crippen molar-refractivity contribution < 1.29 is 19.2 Å². The molecule has 0 aromatic carbocycles. The zero-order valence-electron chi connectivity index (χ0n) is 19.5. The summed E-state index contributed by atoms with van der Waals surface area (Å²) in [6.07, 6.45) is 11.5. The summed E-state index contributed by atoms with van der Waals surface area (Å²) in [5.41, 5.74) is -1.07. The third-order valence-electron chi connectivity index (χ3n) is 8.11. The van der Waals surface area contributed by atoms with Gasteiger partial charge in [-0.3, -0.25) is 19.8 Å². The molecule has 4 saturated carbocycles. The minimum atomic E-state index is -0.906. The molecule has 1 heterocycles. The molecule has 4 aliphatic carbocycles. The lowest BCUT2D eigenvalue weighted by Crippen LogP contribution is -2.61. The van der Waals surface area contributed by atoms with Crippen LogP contribution in [0.4, 0.5) is 9.59 Å². The molecule has 0 aromatic rings. The van der Waals surface area contributed by atoms with E-state index in [0.29, 0.717) is 24.2 Å². The summed E-state index contributed by atoms with van der Waals surface area (Å²) in [5.74, 6) is 1.35. The first-order chi connectivity index (χ1) is 15.2. The van der Waals surface area contributed by atoms with Gasteiger partial charge in [0.25, 0.3) is 5.91 Å². The Labute approximate surface area is 190 Å². The number of nitrogens with one attached hydrogen (secondary N) is 3. The molecule has 5 rings (SSSR count). The molecule has 3 N–H and O–H groups in total. The van der Waals surface area contributed by atoms with Gasteiger partial charge in [-0.25, -0.2) is 9.59 Å². The molecule has 1 aliphatic heterocycles. The van der Waals surface area contributed by atoms with Crippen LogP contribution in [0.5, 0.6) is 0 Å². The Hall–Kier alpha value is -2.12. The summed E-state index contributed by atoms with van der Waals surface area (Å²) in [6.45, 7) is 3.85. The first-order valence-electron chi connectivity index (χ1n) is 12.5. The lowest BCUT2D eigenvalue weighted by atomic mass is 9.53. The van der Waals surface area contributed by atoms with Gasteiger partial charge in [0.05, 0.1) is 0 Å².